The first-order valence-electron chi connectivity index (χ1n) is 7.23. The van der Waals surface area contributed by atoms with Crippen molar-refractivity contribution < 1.29 is 35.5 Å². The number of hydrogen-bond acceptors (Lipinski definition) is 4. The summed E-state index contributed by atoms with van der Waals surface area (Å²) in [5.41, 5.74) is -0.709. The van der Waals surface area contributed by atoms with E-state index in [9.17, 15) is 26.3 Å². The van der Waals surface area contributed by atoms with E-state index in [0.29, 0.717) is 0 Å². The highest BCUT2D eigenvalue weighted by molar-refractivity contribution is 5.78. The van der Waals surface area contributed by atoms with E-state index in [1.165, 1.54) is 12.3 Å². The van der Waals surface area contributed by atoms with E-state index in [0.717, 1.165) is 24.4 Å². The summed E-state index contributed by atoms with van der Waals surface area (Å²) >= 11 is 0. The average Bonchev–Trinajstić information content (AvgIpc) is 3.02. The van der Waals surface area contributed by atoms with Crippen molar-refractivity contribution in [2.75, 3.05) is 6.61 Å². The SMILES string of the molecule is FC(F)C(F)COc1cnccc1-c1nc2cc(C(F)(F)F)ccc2o1. The van der Waals surface area contributed by atoms with Crippen LogP contribution in [0.15, 0.2) is 41.1 Å². The minimum Gasteiger partial charge on any atom is -0.488 e. The van der Waals surface area contributed by atoms with Gasteiger partial charge in [0.15, 0.2) is 11.8 Å². The molecule has 1 unspecified atom stereocenters. The zero-order valence-corrected chi connectivity index (χ0v) is 12.8. The molecule has 3 aromatic rings. The molecule has 1 atom stereocenters. The first kappa shape index (κ1) is 18.0. The Hall–Kier alpha value is -2.78. The van der Waals surface area contributed by atoms with Crippen LogP contribution in [0.25, 0.3) is 22.6 Å². The van der Waals surface area contributed by atoms with Gasteiger partial charge in [0, 0.05) is 6.20 Å². The van der Waals surface area contributed by atoms with Crippen molar-refractivity contribution in [2.45, 2.75) is 18.8 Å². The normalized spacial score (nSPS) is 13.3. The molecule has 4 nitrogen and oxygen atoms in total. The molecule has 0 radical (unpaired) electrons. The molecule has 0 aliphatic heterocycles. The van der Waals surface area contributed by atoms with Gasteiger partial charge in [-0.05, 0) is 24.3 Å². The molecule has 0 amide bonds. The number of oxazole rings is 1. The van der Waals surface area contributed by atoms with Gasteiger partial charge in [-0.25, -0.2) is 18.2 Å². The molecule has 0 aliphatic carbocycles. The second kappa shape index (κ2) is 6.85. The molecular weight excluding hydrogens is 366 g/mol. The predicted molar refractivity (Wildman–Crippen MR) is 78.6 cm³/mol. The molecular formula is C16H10F6N2O2. The third-order valence-corrected chi connectivity index (χ3v) is 3.40. The minimum absolute atomic E-state index is 0.0477. The number of benzene rings is 1. The topological polar surface area (TPSA) is 48.2 Å². The predicted octanol–water partition coefficient (Wildman–Crippen LogP) is 4.89. The van der Waals surface area contributed by atoms with Crippen LogP contribution in [0.1, 0.15) is 5.56 Å². The van der Waals surface area contributed by atoms with Gasteiger partial charge in [0.05, 0.1) is 17.3 Å². The summed E-state index contributed by atoms with van der Waals surface area (Å²) in [6.45, 7) is -0.922. The minimum atomic E-state index is -4.54. The highest BCUT2D eigenvalue weighted by Gasteiger charge is 2.31. The molecule has 0 aliphatic rings. The van der Waals surface area contributed by atoms with Crippen LogP contribution < -0.4 is 4.74 Å². The Morgan fingerprint density at radius 2 is 1.88 bits per heavy atom. The zero-order chi connectivity index (χ0) is 18.9. The van der Waals surface area contributed by atoms with Gasteiger partial charge in [0.1, 0.15) is 17.9 Å². The summed E-state index contributed by atoms with van der Waals surface area (Å²) in [7, 11) is 0. The number of hydrogen-bond donors (Lipinski definition) is 0. The number of halogens is 6. The Bertz CT molecular complexity index is 909. The Balaban J connectivity index is 1.94. The number of ether oxygens (including phenoxy) is 1. The third-order valence-electron chi connectivity index (χ3n) is 3.40. The largest absolute Gasteiger partial charge is 0.488 e. The Kier molecular flexibility index (Phi) is 4.75. The van der Waals surface area contributed by atoms with Crippen LogP contribution in [0.2, 0.25) is 0 Å². The van der Waals surface area contributed by atoms with Crippen molar-refractivity contribution in [1.29, 1.82) is 0 Å². The van der Waals surface area contributed by atoms with Gasteiger partial charge in [-0.15, -0.1) is 0 Å². The highest BCUT2D eigenvalue weighted by Crippen LogP contribution is 2.34. The van der Waals surface area contributed by atoms with Crippen molar-refractivity contribution >= 4 is 11.1 Å². The average molecular weight is 376 g/mol. The maximum atomic E-state index is 13.0. The molecule has 2 heterocycles. The van der Waals surface area contributed by atoms with Crippen molar-refractivity contribution in [2.24, 2.45) is 0 Å². The van der Waals surface area contributed by atoms with Crippen molar-refractivity contribution in [3.05, 3.63) is 42.2 Å². The fourth-order valence-electron chi connectivity index (χ4n) is 2.13. The van der Waals surface area contributed by atoms with Gasteiger partial charge in [-0.1, -0.05) is 0 Å². The summed E-state index contributed by atoms with van der Waals surface area (Å²) in [6.07, 6.45) is -7.79. The third kappa shape index (κ3) is 3.73. The number of nitrogens with zero attached hydrogens (tertiary/aromatic N) is 2. The first-order chi connectivity index (χ1) is 12.3. The van der Waals surface area contributed by atoms with Gasteiger partial charge in [-0.3, -0.25) is 4.98 Å². The van der Waals surface area contributed by atoms with Crippen LogP contribution in [-0.4, -0.2) is 29.2 Å². The van der Waals surface area contributed by atoms with Crippen LogP contribution in [0.4, 0.5) is 26.3 Å². The molecule has 0 saturated carbocycles. The second-order valence-corrected chi connectivity index (χ2v) is 5.23. The lowest BCUT2D eigenvalue weighted by atomic mass is 10.2. The molecule has 3 rings (SSSR count). The zero-order valence-electron chi connectivity index (χ0n) is 12.8. The smallest absolute Gasteiger partial charge is 0.416 e. The molecule has 0 bridgehead atoms. The van der Waals surface area contributed by atoms with Crippen LogP contribution in [0.5, 0.6) is 5.75 Å². The molecule has 10 heteroatoms. The second-order valence-electron chi connectivity index (χ2n) is 5.23. The quantitative estimate of drug-likeness (QED) is 0.595. The van der Waals surface area contributed by atoms with Crippen molar-refractivity contribution in [3.8, 4) is 17.2 Å². The lowest BCUT2D eigenvalue weighted by Crippen LogP contribution is -2.21. The number of fused-ring (bicyclic) bond motifs is 1. The number of alkyl halides is 6. The van der Waals surface area contributed by atoms with Gasteiger partial charge >= 0.3 is 6.18 Å². The molecule has 0 N–H and O–H groups in total. The monoisotopic (exact) mass is 376 g/mol. The summed E-state index contributed by atoms with van der Waals surface area (Å²) in [5.74, 6) is -0.192. The summed E-state index contributed by atoms with van der Waals surface area (Å²) in [4.78, 5) is 7.70. The Labute approximate surface area is 142 Å². The van der Waals surface area contributed by atoms with Crippen molar-refractivity contribution in [1.82, 2.24) is 9.97 Å². The van der Waals surface area contributed by atoms with Gasteiger partial charge in [0.25, 0.3) is 6.43 Å². The van der Waals surface area contributed by atoms with E-state index >= 15 is 0 Å². The number of aromatic nitrogens is 2. The summed E-state index contributed by atoms with van der Waals surface area (Å²) in [5, 5.41) is 0. The number of rotatable bonds is 5. The van der Waals surface area contributed by atoms with Gasteiger partial charge in [0.2, 0.25) is 5.89 Å². The van der Waals surface area contributed by atoms with Gasteiger partial charge < -0.3 is 9.15 Å². The van der Waals surface area contributed by atoms with E-state index in [1.54, 1.807) is 0 Å². The Morgan fingerprint density at radius 3 is 2.58 bits per heavy atom. The van der Waals surface area contributed by atoms with Crippen LogP contribution in [0.3, 0.4) is 0 Å². The summed E-state index contributed by atoms with van der Waals surface area (Å²) < 4.78 is 86.2. The molecule has 2 aromatic heterocycles. The molecule has 26 heavy (non-hydrogen) atoms. The molecule has 0 saturated heterocycles. The van der Waals surface area contributed by atoms with E-state index < -0.39 is 30.9 Å². The van der Waals surface area contributed by atoms with Crippen LogP contribution >= 0.6 is 0 Å². The maximum Gasteiger partial charge on any atom is 0.416 e. The molecule has 0 fully saturated rings. The van der Waals surface area contributed by atoms with Crippen molar-refractivity contribution in [3.63, 3.8) is 0 Å². The van der Waals surface area contributed by atoms with Crippen LogP contribution in [0, 0.1) is 0 Å². The first-order valence-corrected chi connectivity index (χ1v) is 7.23. The maximum absolute atomic E-state index is 13.0. The molecule has 138 valence electrons. The fourth-order valence-corrected chi connectivity index (χ4v) is 2.13. The van der Waals surface area contributed by atoms with Crippen LogP contribution in [-0.2, 0) is 6.18 Å². The van der Waals surface area contributed by atoms with E-state index in [-0.39, 0.29) is 28.3 Å². The Morgan fingerprint density at radius 1 is 1.12 bits per heavy atom. The van der Waals surface area contributed by atoms with Gasteiger partial charge in [-0.2, -0.15) is 13.2 Å². The van der Waals surface area contributed by atoms with E-state index in [4.69, 9.17) is 9.15 Å². The summed E-state index contributed by atoms with van der Waals surface area (Å²) in [6, 6.07) is 4.14. The molecule has 1 aromatic carbocycles. The highest BCUT2D eigenvalue weighted by atomic mass is 19.4. The lowest BCUT2D eigenvalue weighted by molar-refractivity contribution is -0.137. The lowest BCUT2D eigenvalue weighted by Gasteiger charge is -2.11. The molecule has 0 spiro atoms. The van der Waals surface area contributed by atoms with E-state index in [1.807, 2.05) is 0 Å². The van der Waals surface area contributed by atoms with E-state index in [2.05, 4.69) is 9.97 Å². The fraction of sp³-hybridized carbons (Fsp3) is 0.250. The number of pyridine rings is 1. The standard InChI is InChI=1S/C16H10F6N2O2/c17-10(14(18)19)7-25-13-6-23-4-3-9(13)15-24-11-5-8(16(20,21)22)1-2-12(11)26-15/h1-6,10,14H,7H2.